The minimum atomic E-state index is -0.492. The maximum Gasteiger partial charge on any atom is 0.288 e. The van der Waals surface area contributed by atoms with Crippen molar-refractivity contribution in [2.75, 3.05) is 0 Å². The molecule has 0 N–H and O–H groups in total. The predicted octanol–water partition coefficient (Wildman–Crippen LogP) is 3.14. The second-order valence-corrected chi connectivity index (χ2v) is 3.08. The van der Waals surface area contributed by atoms with Gasteiger partial charge in [-0.1, -0.05) is 39.7 Å². The van der Waals surface area contributed by atoms with Gasteiger partial charge in [0.1, 0.15) is 5.02 Å². The Morgan fingerprint density at radius 3 is 2.75 bits per heavy atom. The summed E-state index contributed by atoms with van der Waals surface area (Å²) in [5.74, 6) is 0. The van der Waals surface area contributed by atoms with Crippen molar-refractivity contribution in [1.82, 2.24) is 0 Å². The zero-order valence-electron chi connectivity index (χ0n) is 5.96. The molecule has 0 heterocycles. The third-order valence-electron chi connectivity index (χ3n) is 1.40. The number of hydrogen-bond acceptors (Lipinski definition) is 2. The van der Waals surface area contributed by atoms with Crippen LogP contribution in [0.2, 0.25) is 5.02 Å². The number of rotatable bonds is 2. The smallest absolute Gasteiger partial charge is 0.258 e. The van der Waals surface area contributed by atoms with Gasteiger partial charge >= 0.3 is 0 Å². The van der Waals surface area contributed by atoms with E-state index in [-0.39, 0.29) is 10.7 Å². The molecule has 12 heavy (non-hydrogen) atoms. The van der Waals surface area contributed by atoms with E-state index in [0.717, 1.165) is 5.56 Å². The highest BCUT2D eigenvalue weighted by molar-refractivity contribution is 9.08. The van der Waals surface area contributed by atoms with Gasteiger partial charge in [-0.3, -0.25) is 10.1 Å². The first-order valence-corrected chi connectivity index (χ1v) is 4.64. The molecular weight excluding hydrogens is 245 g/mol. The molecule has 64 valence electrons. The van der Waals surface area contributed by atoms with Gasteiger partial charge in [-0.2, -0.15) is 0 Å². The van der Waals surface area contributed by atoms with Crippen LogP contribution in [-0.4, -0.2) is 4.92 Å². The van der Waals surface area contributed by atoms with Gasteiger partial charge in [0, 0.05) is 11.4 Å². The summed E-state index contributed by atoms with van der Waals surface area (Å²) in [7, 11) is 0. The van der Waals surface area contributed by atoms with Crippen molar-refractivity contribution in [3.05, 3.63) is 38.9 Å². The Balaban J connectivity index is 3.23. The molecular formula is C7H5BrClNO2. The molecule has 1 aromatic carbocycles. The molecule has 0 saturated carbocycles. The molecule has 0 aliphatic rings. The Kier molecular flexibility index (Phi) is 3.05. The Bertz CT molecular complexity index is 316. The molecule has 0 saturated heterocycles. The second kappa shape index (κ2) is 3.87. The van der Waals surface area contributed by atoms with Crippen LogP contribution in [0.4, 0.5) is 5.69 Å². The number of benzene rings is 1. The lowest BCUT2D eigenvalue weighted by Crippen LogP contribution is -1.91. The highest BCUT2D eigenvalue weighted by Gasteiger charge is 2.13. The Morgan fingerprint density at radius 2 is 2.25 bits per heavy atom. The monoisotopic (exact) mass is 249 g/mol. The third kappa shape index (κ3) is 1.76. The van der Waals surface area contributed by atoms with Crippen LogP contribution in [0, 0.1) is 10.1 Å². The zero-order valence-corrected chi connectivity index (χ0v) is 8.30. The molecule has 0 aliphatic heterocycles. The van der Waals surface area contributed by atoms with Gasteiger partial charge in [-0.25, -0.2) is 0 Å². The number of nitro benzene ring substituents is 1. The lowest BCUT2D eigenvalue weighted by molar-refractivity contribution is -0.384. The van der Waals surface area contributed by atoms with E-state index in [9.17, 15) is 10.1 Å². The molecule has 0 fully saturated rings. The van der Waals surface area contributed by atoms with Crippen molar-refractivity contribution >= 4 is 33.2 Å². The minimum Gasteiger partial charge on any atom is -0.258 e. The van der Waals surface area contributed by atoms with Crippen molar-refractivity contribution in [3.8, 4) is 0 Å². The van der Waals surface area contributed by atoms with E-state index in [2.05, 4.69) is 15.9 Å². The van der Waals surface area contributed by atoms with Gasteiger partial charge in [0.25, 0.3) is 5.69 Å². The molecule has 1 rings (SSSR count). The fourth-order valence-corrected chi connectivity index (χ4v) is 1.70. The first kappa shape index (κ1) is 9.48. The fourth-order valence-electron chi connectivity index (χ4n) is 0.810. The molecule has 0 aromatic heterocycles. The van der Waals surface area contributed by atoms with E-state index in [1.807, 2.05) is 0 Å². The minimum absolute atomic E-state index is 0.0476. The van der Waals surface area contributed by atoms with E-state index in [1.165, 1.54) is 6.07 Å². The zero-order chi connectivity index (χ0) is 9.14. The fraction of sp³-hybridized carbons (Fsp3) is 0.143. The molecule has 1 aromatic rings. The number of alkyl halides is 1. The molecule has 3 nitrogen and oxygen atoms in total. The van der Waals surface area contributed by atoms with Crippen LogP contribution in [0.5, 0.6) is 0 Å². The highest BCUT2D eigenvalue weighted by atomic mass is 79.9. The van der Waals surface area contributed by atoms with Crippen LogP contribution in [0.1, 0.15) is 5.56 Å². The maximum absolute atomic E-state index is 10.4. The van der Waals surface area contributed by atoms with Crippen molar-refractivity contribution < 1.29 is 4.92 Å². The van der Waals surface area contributed by atoms with Gasteiger partial charge in [0.05, 0.1) is 4.92 Å². The van der Waals surface area contributed by atoms with Crippen molar-refractivity contribution in [3.63, 3.8) is 0 Å². The van der Waals surface area contributed by atoms with Crippen LogP contribution >= 0.6 is 27.5 Å². The molecule has 0 unspecified atom stereocenters. The van der Waals surface area contributed by atoms with Crippen LogP contribution in [0.3, 0.4) is 0 Å². The Labute approximate surface area is 82.6 Å². The van der Waals surface area contributed by atoms with E-state index >= 15 is 0 Å². The summed E-state index contributed by atoms with van der Waals surface area (Å²) in [4.78, 5) is 9.90. The van der Waals surface area contributed by atoms with Gasteiger partial charge in [0.2, 0.25) is 0 Å². The molecule has 0 atom stereocenters. The summed E-state index contributed by atoms with van der Waals surface area (Å²) < 4.78 is 0. The Morgan fingerprint density at radius 1 is 1.58 bits per heavy atom. The van der Waals surface area contributed by atoms with E-state index in [4.69, 9.17) is 11.6 Å². The summed E-state index contributed by atoms with van der Waals surface area (Å²) in [5.41, 5.74) is 0.680. The topological polar surface area (TPSA) is 43.1 Å². The summed E-state index contributed by atoms with van der Waals surface area (Å²) in [5, 5.41) is 11.1. The van der Waals surface area contributed by atoms with E-state index in [1.54, 1.807) is 12.1 Å². The van der Waals surface area contributed by atoms with Crippen LogP contribution in [0.25, 0.3) is 0 Å². The number of nitrogens with zero attached hydrogens (tertiary/aromatic N) is 1. The third-order valence-corrected chi connectivity index (χ3v) is 2.44. The average molecular weight is 250 g/mol. The van der Waals surface area contributed by atoms with Crippen LogP contribution in [-0.2, 0) is 5.33 Å². The first-order chi connectivity index (χ1) is 5.66. The summed E-state index contributed by atoms with van der Waals surface area (Å²) >= 11 is 8.92. The highest BCUT2D eigenvalue weighted by Crippen LogP contribution is 2.28. The normalized spacial score (nSPS) is 9.83. The summed E-state index contributed by atoms with van der Waals surface area (Å²) in [6, 6.07) is 4.74. The lowest BCUT2D eigenvalue weighted by atomic mass is 10.2. The second-order valence-electron chi connectivity index (χ2n) is 2.14. The number of nitro groups is 1. The van der Waals surface area contributed by atoms with Crippen LogP contribution < -0.4 is 0 Å². The maximum atomic E-state index is 10.4. The van der Waals surface area contributed by atoms with Crippen molar-refractivity contribution in [1.29, 1.82) is 0 Å². The van der Waals surface area contributed by atoms with Gasteiger partial charge < -0.3 is 0 Å². The lowest BCUT2D eigenvalue weighted by Gasteiger charge is -1.99. The van der Waals surface area contributed by atoms with E-state index in [0.29, 0.717) is 5.33 Å². The largest absolute Gasteiger partial charge is 0.288 e. The Hall–Kier alpha value is -0.610. The summed E-state index contributed by atoms with van der Waals surface area (Å²) in [6.07, 6.45) is 0. The average Bonchev–Trinajstić information content (AvgIpc) is 2.04. The quantitative estimate of drug-likeness (QED) is 0.460. The first-order valence-electron chi connectivity index (χ1n) is 3.14. The molecule has 0 aliphatic carbocycles. The van der Waals surface area contributed by atoms with E-state index < -0.39 is 4.92 Å². The molecule has 5 heteroatoms. The molecule has 0 bridgehead atoms. The SMILES string of the molecule is O=[N+]([O-])c1cccc(CBr)c1Cl. The van der Waals surface area contributed by atoms with Crippen LogP contribution in [0.15, 0.2) is 18.2 Å². The van der Waals surface area contributed by atoms with Gasteiger partial charge in [-0.15, -0.1) is 0 Å². The molecule has 0 spiro atoms. The predicted molar refractivity (Wildman–Crippen MR) is 50.7 cm³/mol. The summed E-state index contributed by atoms with van der Waals surface area (Å²) in [6.45, 7) is 0. The number of hydrogen-bond donors (Lipinski definition) is 0. The standard InChI is InChI=1S/C7H5BrClNO2/c8-4-5-2-1-3-6(7(5)9)10(11)12/h1-3H,4H2. The van der Waals surface area contributed by atoms with Gasteiger partial charge in [-0.05, 0) is 5.56 Å². The molecule has 0 radical (unpaired) electrons. The number of halogens is 2. The van der Waals surface area contributed by atoms with Crippen molar-refractivity contribution in [2.45, 2.75) is 5.33 Å². The van der Waals surface area contributed by atoms with Gasteiger partial charge in [0.15, 0.2) is 0 Å². The molecule has 0 amide bonds. The van der Waals surface area contributed by atoms with Crippen molar-refractivity contribution in [2.24, 2.45) is 0 Å².